The Bertz CT molecular complexity index is 1080. The molecule has 3 N–H and O–H groups in total. The summed E-state index contributed by atoms with van der Waals surface area (Å²) in [4.78, 5) is 20.3. The standard InChI is InChI=1S/C24H25ClN4O3/c25-18-5-1-3-17(13-18)21(14-23(30)31)29-22-9-8-20(15-27-22)32-12-10-19-7-6-16-4-2-11-26-24(16)28-19/h1,3,5-9,13,15,21H,2,4,10-12,14H2,(H,26,28)(H,27,29)(H,30,31). The van der Waals surface area contributed by atoms with Gasteiger partial charge in [-0.2, -0.15) is 0 Å². The SMILES string of the molecule is O=C(O)CC(Nc1ccc(OCCc2ccc3c(n2)NCCC3)cn1)c1cccc(Cl)c1. The lowest BCUT2D eigenvalue weighted by atomic mass is 10.0. The Morgan fingerprint density at radius 1 is 1.25 bits per heavy atom. The normalized spacial score (nSPS) is 13.5. The van der Waals surface area contributed by atoms with Gasteiger partial charge in [0.1, 0.15) is 17.4 Å². The van der Waals surface area contributed by atoms with E-state index in [4.69, 9.17) is 16.3 Å². The fourth-order valence-corrected chi connectivity index (χ4v) is 3.86. The van der Waals surface area contributed by atoms with E-state index in [-0.39, 0.29) is 6.42 Å². The van der Waals surface area contributed by atoms with E-state index in [1.165, 1.54) is 5.56 Å². The van der Waals surface area contributed by atoms with Gasteiger partial charge in [-0.3, -0.25) is 4.79 Å². The largest absolute Gasteiger partial charge is 0.492 e. The number of carbonyl (C=O) groups is 1. The monoisotopic (exact) mass is 452 g/mol. The van der Waals surface area contributed by atoms with Crippen LogP contribution < -0.4 is 15.4 Å². The second-order valence-electron chi connectivity index (χ2n) is 7.67. The van der Waals surface area contributed by atoms with Gasteiger partial charge in [-0.1, -0.05) is 29.8 Å². The Balaban J connectivity index is 1.33. The first kappa shape index (κ1) is 21.9. The highest BCUT2D eigenvalue weighted by molar-refractivity contribution is 6.30. The number of hydrogen-bond donors (Lipinski definition) is 3. The summed E-state index contributed by atoms with van der Waals surface area (Å²) in [5.74, 6) is 1.28. The van der Waals surface area contributed by atoms with Crippen molar-refractivity contribution in [1.82, 2.24) is 9.97 Å². The third-order valence-corrected chi connectivity index (χ3v) is 5.50. The molecule has 0 aliphatic carbocycles. The van der Waals surface area contributed by atoms with Crippen LogP contribution in [-0.2, 0) is 17.6 Å². The summed E-state index contributed by atoms with van der Waals surface area (Å²) in [6, 6.07) is 14.5. The lowest BCUT2D eigenvalue weighted by molar-refractivity contribution is -0.137. The van der Waals surface area contributed by atoms with Crippen molar-refractivity contribution >= 4 is 29.2 Å². The molecule has 1 unspecified atom stereocenters. The molecule has 1 aromatic carbocycles. The molecule has 2 aromatic heterocycles. The molecule has 4 rings (SSSR count). The van der Waals surface area contributed by atoms with Gasteiger partial charge in [0, 0.05) is 23.7 Å². The topological polar surface area (TPSA) is 96.4 Å². The number of carboxylic acid groups (broad SMARTS) is 1. The third-order valence-electron chi connectivity index (χ3n) is 5.27. The molecule has 0 saturated carbocycles. The fourth-order valence-electron chi connectivity index (χ4n) is 3.66. The number of fused-ring (bicyclic) bond motifs is 1. The quantitative estimate of drug-likeness (QED) is 0.431. The number of ether oxygens (including phenoxy) is 1. The number of pyridine rings is 2. The number of carboxylic acids is 1. The van der Waals surface area contributed by atoms with E-state index in [0.29, 0.717) is 29.6 Å². The Morgan fingerprint density at radius 2 is 2.16 bits per heavy atom. The number of nitrogens with one attached hydrogen (secondary N) is 2. The number of aryl methyl sites for hydroxylation is 1. The lowest BCUT2D eigenvalue weighted by Gasteiger charge is -2.18. The smallest absolute Gasteiger partial charge is 0.305 e. The predicted molar refractivity (Wildman–Crippen MR) is 125 cm³/mol. The Labute approximate surface area is 191 Å². The van der Waals surface area contributed by atoms with E-state index in [0.717, 1.165) is 36.5 Å². The van der Waals surface area contributed by atoms with Gasteiger partial charge in [-0.15, -0.1) is 0 Å². The highest BCUT2D eigenvalue weighted by Crippen LogP contribution is 2.25. The van der Waals surface area contributed by atoms with Gasteiger partial charge in [0.25, 0.3) is 0 Å². The van der Waals surface area contributed by atoms with Crippen LogP contribution in [-0.4, -0.2) is 34.2 Å². The van der Waals surface area contributed by atoms with Crippen molar-refractivity contribution in [2.45, 2.75) is 31.7 Å². The van der Waals surface area contributed by atoms with Crippen LogP contribution >= 0.6 is 11.6 Å². The maximum absolute atomic E-state index is 11.3. The van der Waals surface area contributed by atoms with Crippen LogP contribution in [0.1, 0.15) is 35.7 Å². The molecule has 1 aliphatic rings. The number of hydrogen-bond acceptors (Lipinski definition) is 6. The maximum atomic E-state index is 11.3. The molecule has 166 valence electrons. The summed E-state index contributed by atoms with van der Waals surface area (Å²) >= 11 is 6.06. The first-order chi connectivity index (χ1) is 15.6. The molecule has 1 aliphatic heterocycles. The number of benzene rings is 1. The first-order valence-electron chi connectivity index (χ1n) is 10.6. The van der Waals surface area contributed by atoms with E-state index in [9.17, 15) is 9.90 Å². The molecule has 0 amide bonds. The average molecular weight is 453 g/mol. The van der Waals surface area contributed by atoms with Gasteiger partial charge < -0.3 is 20.5 Å². The molecule has 1 atom stereocenters. The van der Waals surface area contributed by atoms with Crippen LogP contribution in [0.5, 0.6) is 5.75 Å². The van der Waals surface area contributed by atoms with Crippen molar-refractivity contribution in [1.29, 1.82) is 0 Å². The van der Waals surface area contributed by atoms with E-state index >= 15 is 0 Å². The average Bonchev–Trinajstić information content (AvgIpc) is 2.79. The van der Waals surface area contributed by atoms with Crippen LogP contribution in [0, 0.1) is 0 Å². The van der Waals surface area contributed by atoms with Crippen molar-refractivity contribution in [2.75, 3.05) is 23.8 Å². The van der Waals surface area contributed by atoms with Gasteiger partial charge in [0.2, 0.25) is 0 Å². The van der Waals surface area contributed by atoms with Gasteiger partial charge in [-0.05, 0) is 54.3 Å². The van der Waals surface area contributed by atoms with E-state index in [2.05, 4.69) is 32.7 Å². The maximum Gasteiger partial charge on any atom is 0.305 e. The molecule has 0 bridgehead atoms. The number of nitrogens with zero attached hydrogens (tertiary/aromatic N) is 2. The van der Waals surface area contributed by atoms with Crippen LogP contribution in [0.25, 0.3) is 0 Å². The van der Waals surface area contributed by atoms with Crippen molar-refractivity contribution in [3.05, 3.63) is 76.6 Å². The Hall–Kier alpha value is -3.32. The second-order valence-corrected chi connectivity index (χ2v) is 8.10. The van der Waals surface area contributed by atoms with Crippen molar-refractivity contribution < 1.29 is 14.6 Å². The Morgan fingerprint density at radius 3 is 2.94 bits per heavy atom. The van der Waals surface area contributed by atoms with Crippen molar-refractivity contribution in [2.24, 2.45) is 0 Å². The molecule has 0 radical (unpaired) electrons. The number of aromatic nitrogens is 2. The molecule has 3 aromatic rings. The minimum Gasteiger partial charge on any atom is -0.492 e. The van der Waals surface area contributed by atoms with Gasteiger partial charge in [0.05, 0.1) is 25.3 Å². The molecule has 7 nitrogen and oxygen atoms in total. The minimum absolute atomic E-state index is 0.0943. The van der Waals surface area contributed by atoms with Crippen LogP contribution in [0.4, 0.5) is 11.6 Å². The minimum atomic E-state index is -0.909. The zero-order chi connectivity index (χ0) is 22.3. The number of aliphatic carboxylic acids is 1. The first-order valence-corrected chi connectivity index (χ1v) is 11.0. The summed E-state index contributed by atoms with van der Waals surface area (Å²) in [5.41, 5.74) is 3.05. The highest BCUT2D eigenvalue weighted by Gasteiger charge is 2.16. The molecular formula is C24H25ClN4O3. The van der Waals surface area contributed by atoms with Crippen LogP contribution in [0.15, 0.2) is 54.7 Å². The van der Waals surface area contributed by atoms with E-state index < -0.39 is 12.0 Å². The van der Waals surface area contributed by atoms with Gasteiger partial charge >= 0.3 is 5.97 Å². The number of anilines is 2. The summed E-state index contributed by atoms with van der Waals surface area (Å²) in [6.07, 6.45) is 4.45. The molecular weight excluding hydrogens is 428 g/mol. The summed E-state index contributed by atoms with van der Waals surface area (Å²) in [7, 11) is 0. The summed E-state index contributed by atoms with van der Waals surface area (Å²) < 4.78 is 5.82. The summed E-state index contributed by atoms with van der Waals surface area (Å²) in [6.45, 7) is 1.46. The van der Waals surface area contributed by atoms with E-state index in [1.54, 1.807) is 30.5 Å². The molecule has 0 saturated heterocycles. The molecule has 0 spiro atoms. The summed E-state index contributed by atoms with van der Waals surface area (Å²) in [5, 5.41) is 16.3. The molecule has 8 heteroatoms. The molecule has 0 fully saturated rings. The van der Waals surface area contributed by atoms with Crippen LogP contribution in [0.3, 0.4) is 0 Å². The third kappa shape index (κ3) is 5.88. The van der Waals surface area contributed by atoms with Gasteiger partial charge in [0.15, 0.2) is 0 Å². The zero-order valence-corrected chi connectivity index (χ0v) is 18.3. The zero-order valence-electron chi connectivity index (χ0n) is 17.6. The van der Waals surface area contributed by atoms with Crippen LogP contribution in [0.2, 0.25) is 5.02 Å². The van der Waals surface area contributed by atoms with Gasteiger partial charge in [-0.25, -0.2) is 9.97 Å². The molecule has 32 heavy (non-hydrogen) atoms. The predicted octanol–water partition coefficient (Wildman–Crippen LogP) is 4.74. The van der Waals surface area contributed by atoms with Crippen molar-refractivity contribution in [3.63, 3.8) is 0 Å². The number of rotatable bonds is 9. The van der Waals surface area contributed by atoms with E-state index in [1.807, 2.05) is 12.1 Å². The second kappa shape index (κ2) is 10.3. The molecule has 3 heterocycles. The fraction of sp³-hybridized carbons (Fsp3) is 0.292. The Kier molecular flexibility index (Phi) is 7.07. The highest BCUT2D eigenvalue weighted by atomic mass is 35.5. The van der Waals surface area contributed by atoms with Crippen molar-refractivity contribution in [3.8, 4) is 5.75 Å². The number of halogens is 1. The lowest BCUT2D eigenvalue weighted by Crippen LogP contribution is -2.16.